The Kier molecular flexibility index (Phi) is 3.75. The van der Waals surface area contributed by atoms with Crippen LogP contribution in [0.5, 0.6) is 0 Å². The van der Waals surface area contributed by atoms with Crippen LogP contribution in [0.25, 0.3) is 0 Å². The third-order valence-electron chi connectivity index (χ3n) is 3.62. The van der Waals surface area contributed by atoms with Gasteiger partial charge < -0.3 is 4.90 Å². The summed E-state index contributed by atoms with van der Waals surface area (Å²) in [6.45, 7) is 5.26. The maximum atomic E-state index is 14.0. The number of hydrogen-bond donors (Lipinski definition) is 0. The minimum absolute atomic E-state index is 0.167. The van der Waals surface area contributed by atoms with Gasteiger partial charge in [0.1, 0.15) is 11.9 Å². The Morgan fingerprint density at radius 2 is 2.12 bits per heavy atom. The van der Waals surface area contributed by atoms with Crippen LogP contribution in [0, 0.1) is 17.1 Å². The SMILES string of the molecule is CCN1CCC(c2cccc(C#N)c2F)CC1. The minimum Gasteiger partial charge on any atom is -0.304 e. The maximum absolute atomic E-state index is 14.0. The zero-order chi connectivity index (χ0) is 12.3. The summed E-state index contributed by atoms with van der Waals surface area (Å²) in [5, 5.41) is 8.82. The molecule has 2 rings (SSSR count). The van der Waals surface area contributed by atoms with Gasteiger partial charge in [-0.3, -0.25) is 0 Å². The highest BCUT2D eigenvalue weighted by Gasteiger charge is 2.22. The number of piperidine rings is 1. The molecule has 90 valence electrons. The van der Waals surface area contributed by atoms with Gasteiger partial charge in [0, 0.05) is 0 Å². The number of nitrogens with zero attached hydrogens (tertiary/aromatic N) is 2. The van der Waals surface area contributed by atoms with E-state index in [9.17, 15) is 4.39 Å². The van der Waals surface area contributed by atoms with Crippen molar-refractivity contribution < 1.29 is 4.39 Å². The second kappa shape index (κ2) is 5.29. The van der Waals surface area contributed by atoms with Crippen molar-refractivity contribution in [1.82, 2.24) is 4.90 Å². The molecule has 0 radical (unpaired) electrons. The smallest absolute Gasteiger partial charge is 0.144 e. The van der Waals surface area contributed by atoms with Crippen molar-refractivity contribution in [2.24, 2.45) is 0 Å². The highest BCUT2D eigenvalue weighted by atomic mass is 19.1. The largest absolute Gasteiger partial charge is 0.304 e. The average Bonchev–Trinajstić information content (AvgIpc) is 2.39. The number of hydrogen-bond acceptors (Lipinski definition) is 2. The topological polar surface area (TPSA) is 27.0 Å². The fourth-order valence-corrected chi connectivity index (χ4v) is 2.51. The van der Waals surface area contributed by atoms with E-state index in [1.165, 1.54) is 0 Å². The molecule has 0 N–H and O–H groups in total. The van der Waals surface area contributed by atoms with Crippen LogP contribution in [-0.4, -0.2) is 24.5 Å². The molecule has 1 saturated heterocycles. The van der Waals surface area contributed by atoms with Gasteiger partial charge in [0.15, 0.2) is 0 Å². The molecule has 0 spiro atoms. The van der Waals surface area contributed by atoms with Gasteiger partial charge >= 0.3 is 0 Å². The molecule has 3 heteroatoms. The Morgan fingerprint density at radius 3 is 2.71 bits per heavy atom. The van der Waals surface area contributed by atoms with Crippen LogP contribution in [0.4, 0.5) is 4.39 Å². The van der Waals surface area contributed by atoms with E-state index >= 15 is 0 Å². The summed E-state index contributed by atoms with van der Waals surface area (Å²) in [6, 6.07) is 7.05. The van der Waals surface area contributed by atoms with Gasteiger partial charge in [-0.25, -0.2) is 4.39 Å². The summed E-state index contributed by atoms with van der Waals surface area (Å²) in [4.78, 5) is 2.38. The summed E-state index contributed by atoms with van der Waals surface area (Å²) < 4.78 is 14.0. The van der Waals surface area contributed by atoms with E-state index in [1.54, 1.807) is 12.1 Å². The van der Waals surface area contributed by atoms with Crippen LogP contribution >= 0.6 is 0 Å². The number of benzene rings is 1. The first-order valence-electron chi connectivity index (χ1n) is 6.17. The molecule has 0 saturated carbocycles. The lowest BCUT2D eigenvalue weighted by Crippen LogP contribution is -2.32. The molecule has 0 unspecified atom stereocenters. The molecule has 2 nitrogen and oxygen atoms in total. The summed E-state index contributed by atoms with van der Waals surface area (Å²) >= 11 is 0. The van der Waals surface area contributed by atoms with Crippen molar-refractivity contribution in [3.8, 4) is 6.07 Å². The van der Waals surface area contributed by atoms with Crippen molar-refractivity contribution in [2.75, 3.05) is 19.6 Å². The Bertz CT molecular complexity index is 428. The lowest BCUT2D eigenvalue weighted by Gasteiger charge is -2.31. The van der Waals surface area contributed by atoms with E-state index < -0.39 is 0 Å². The lowest BCUT2D eigenvalue weighted by molar-refractivity contribution is 0.220. The van der Waals surface area contributed by atoms with Crippen LogP contribution in [-0.2, 0) is 0 Å². The molecule has 0 aliphatic carbocycles. The van der Waals surface area contributed by atoms with Crippen molar-refractivity contribution in [3.05, 3.63) is 35.1 Å². The first kappa shape index (κ1) is 12.1. The zero-order valence-corrected chi connectivity index (χ0v) is 10.1. The van der Waals surface area contributed by atoms with Gasteiger partial charge in [-0.15, -0.1) is 0 Å². The fraction of sp³-hybridized carbons (Fsp3) is 0.500. The highest BCUT2D eigenvalue weighted by Crippen LogP contribution is 2.30. The molecule has 1 heterocycles. The molecule has 1 aromatic carbocycles. The lowest BCUT2D eigenvalue weighted by atomic mass is 9.88. The molecule has 1 aliphatic rings. The summed E-state index contributed by atoms with van der Waals surface area (Å²) in [7, 11) is 0. The van der Waals surface area contributed by atoms with E-state index in [0.29, 0.717) is 0 Å². The van der Waals surface area contributed by atoms with E-state index in [4.69, 9.17) is 5.26 Å². The second-order valence-electron chi connectivity index (χ2n) is 4.53. The van der Waals surface area contributed by atoms with Crippen molar-refractivity contribution >= 4 is 0 Å². The third-order valence-corrected chi connectivity index (χ3v) is 3.62. The summed E-state index contributed by atoms with van der Waals surface area (Å²) in [5.74, 6) is -0.0453. The second-order valence-corrected chi connectivity index (χ2v) is 4.53. The van der Waals surface area contributed by atoms with E-state index in [2.05, 4.69) is 11.8 Å². The molecule has 0 atom stereocenters. The van der Waals surface area contributed by atoms with Crippen LogP contribution in [0.2, 0.25) is 0 Å². The predicted molar refractivity (Wildman–Crippen MR) is 65.2 cm³/mol. The first-order chi connectivity index (χ1) is 8.26. The molecular formula is C14H17FN2. The number of halogens is 1. The van der Waals surface area contributed by atoms with Crippen molar-refractivity contribution in [3.63, 3.8) is 0 Å². The predicted octanol–water partition coefficient (Wildman–Crippen LogP) is 2.90. The Labute approximate surface area is 102 Å². The number of likely N-dealkylation sites (tertiary alicyclic amines) is 1. The fourth-order valence-electron chi connectivity index (χ4n) is 2.51. The van der Waals surface area contributed by atoms with Crippen LogP contribution < -0.4 is 0 Å². The van der Waals surface area contributed by atoms with Gasteiger partial charge in [-0.1, -0.05) is 19.1 Å². The van der Waals surface area contributed by atoms with Gasteiger partial charge in [0.2, 0.25) is 0 Å². The monoisotopic (exact) mass is 232 g/mol. The summed E-state index contributed by atoms with van der Waals surface area (Å²) in [6.07, 6.45) is 1.97. The van der Waals surface area contributed by atoms with Gasteiger partial charge in [0.25, 0.3) is 0 Å². The third kappa shape index (κ3) is 2.48. The summed E-state index contributed by atoms with van der Waals surface area (Å²) in [5.41, 5.74) is 0.889. The normalized spacial score (nSPS) is 17.9. The number of rotatable bonds is 2. The molecule has 1 aromatic rings. The number of nitriles is 1. The van der Waals surface area contributed by atoms with E-state index in [-0.39, 0.29) is 17.3 Å². The minimum atomic E-state index is -0.315. The average molecular weight is 232 g/mol. The molecule has 17 heavy (non-hydrogen) atoms. The molecule has 0 amide bonds. The highest BCUT2D eigenvalue weighted by molar-refractivity contribution is 5.36. The van der Waals surface area contributed by atoms with Gasteiger partial charge in [-0.05, 0) is 50.0 Å². The van der Waals surface area contributed by atoms with Crippen molar-refractivity contribution in [1.29, 1.82) is 5.26 Å². The zero-order valence-electron chi connectivity index (χ0n) is 10.1. The molecule has 1 aliphatic heterocycles. The Hall–Kier alpha value is -1.40. The molecule has 0 aromatic heterocycles. The molecule has 1 fully saturated rings. The maximum Gasteiger partial charge on any atom is 0.144 e. The van der Waals surface area contributed by atoms with Crippen LogP contribution in [0.15, 0.2) is 18.2 Å². The van der Waals surface area contributed by atoms with Crippen LogP contribution in [0.1, 0.15) is 36.8 Å². The van der Waals surface area contributed by atoms with Crippen molar-refractivity contribution in [2.45, 2.75) is 25.7 Å². The van der Waals surface area contributed by atoms with E-state index in [0.717, 1.165) is 38.0 Å². The van der Waals surface area contributed by atoms with Gasteiger partial charge in [-0.2, -0.15) is 5.26 Å². The Balaban J connectivity index is 2.16. The van der Waals surface area contributed by atoms with Gasteiger partial charge in [0.05, 0.1) is 5.56 Å². The Morgan fingerprint density at radius 1 is 1.41 bits per heavy atom. The van der Waals surface area contributed by atoms with E-state index in [1.807, 2.05) is 12.1 Å². The molecule has 0 bridgehead atoms. The molecular weight excluding hydrogens is 215 g/mol. The first-order valence-corrected chi connectivity index (χ1v) is 6.17. The van der Waals surface area contributed by atoms with Crippen LogP contribution in [0.3, 0.4) is 0 Å². The quantitative estimate of drug-likeness (QED) is 0.784. The standard InChI is InChI=1S/C14H17FN2/c1-2-17-8-6-11(7-9-17)13-5-3-4-12(10-16)14(13)15/h3-5,11H,2,6-9H2,1H3.